The van der Waals surface area contributed by atoms with Crippen molar-refractivity contribution in [1.29, 1.82) is 0 Å². The second-order valence-electron chi connectivity index (χ2n) is 7.94. The summed E-state index contributed by atoms with van der Waals surface area (Å²) < 4.78 is 13.1. The first-order valence-electron chi connectivity index (χ1n) is 10.5. The normalized spacial score (nSPS) is 16.9. The SMILES string of the molecule is Cc1ccccc1CSc1nc(=O)c2c(n1C)NC(=O)C[C@@H]2c1ccc2c(c1)OCCO2. The molecule has 1 amide bonds. The van der Waals surface area contributed by atoms with Gasteiger partial charge in [-0.3, -0.25) is 9.59 Å². The molecule has 3 aromatic rings. The summed E-state index contributed by atoms with van der Waals surface area (Å²) in [5.41, 5.74) is 3.40. The van der Waals surface area contributed by atoms with Crippen LogP contribution in [0, 0.1) is 6.92 Å². The van der Waals surface area contributed by atoms with E-state index in [1.165, 1.54) is 22.9 Å². The lowest BCUT2D eigenvalue weighted by molar-refractivity contribution is -0.116. The summed E-state index contributed by atoms with van der Waals surface area (Å²) in [5.74, 6) is 1.98. The predicted octanol–water partition coefficient (Wildman–Crippen LogP) is 3.63. The van der Waals surface area contributed by atoms with Crippen molar-refractivity contribution in [3.63, 3.8) is 0 Å². The maximum Gasteiger partial charge on any atom is 0.279 e. The van der Waals surface area contributed by atoms with Gasteiger partial charge < -0.3 is 19.4 Å². The smallest absolute Gasteiger partial charge is 0.279 e. The second kappa shape index (κ2) is 8.35. The molecule has 2 aromatic carbocycles. The van der Waals surface area contributed by atoms with E-state index in [2.05, 4.69) is 29.4 Å². The molecule has 164 valence electrons. The molecule has 0 aliphatic carbocycles. The third-order valence-corrected chi connectivity index (χ3v) is 6.97. The van der Waals surface area contributed by atoms with E-state index < -0.39 is 5.92 Å². The molecule has 1 N–H and O–H groups in total. The zero-order valence-electron chi connectivity index (χ0n) is 17.9. The number of nitrogens with one attached hydrogen (secondary N) is 1. The van der Waals surface area contributed by atoms with Crippen LogP contribution in [-0.4, -0.2) is 28.7 Å². The van der Waals surface area contributed by atoms with E-state index in [1.807, 2.05) is 41.9 Å². The van der Waals surface area contributed by atoms with Crippen molar-refractivity contribution < 1.29 is 14.3 Å². The molecular formula is C24H23N3O4S. The molecule has 0 bridgehead atoms. The number of hydrogen-bond acceptors (Lipinski definition) is 6. The quantitative estimate of drug-likeness (QED) is 0.484. The molecule has 7 nitrogen and oxygen atoms in total. The molecule has 0 saturated carbocycles. The number of benzene rings is 2. The number of aromatic nitrogens is 2. The number of aryl methyl sites for hydroxylation is 1. The molecule has 0 fully saturated rings. The number of hydrogen-bond donors (Lipinski definition) is 1. The molecule has 1 aromatic heterocycles. The number of fused-ring (bicyclic) bond motifs is 2. The lowest BCUT2D eigenvalue weighted by Crippen LogP contribution is -2.33. The van der Waals surface area contributed by atoms with E-state index in [4.69, 9.17) is 9.47 Å². The summed E-state index contributed by atoms with van der Waals surface area (Å²) in [5, 5.41) is 3.47. The van der Waals surface area contributed by atoms with Gasteiger partial charge >= 0.3 is 0 Å². The third-order valence-electron chi connectivity index (χ3n) is 5.89. The van der Waals surface area contributed by atoms with Gasteiger partial charge in [-0.05, 0) is 35.7 Å². The van der Waals surface area contributed by atoms with Crippen LogP contribution < -0.4 is 20.3 Å². The van der Waals surface area contributed by atoms with Crippen molar-refractivity contribution in [3.8, 4) is 11.5 Å². The van der Waals surface area contributed by atoms with Crippen molar-refractivity contribution in [3.05, 3.63) is 75.1 Å². The Morgan fingerprint density at radius 2 is 1.91 bits per heavy atom. The molecule has 2 aliphatic heterocycles. The Hall–Kier alpha value is -3.26. The van der Waals surface area contributed by atoms with Gasteiger partial charge in [-0.15, -0.1) is 0 Å². The molecule has 0 spiro atoms. The topological polar surface area (TPSA) is 82.5 Å². The average molecular weight is 450 g/mol. The van der Waals surface area contributed by atoms with Crippen LogP contribution in [0.5, 0.6) is 11.5 Å². The second-order valence-corrected chi connectivity index (χ2v) is 8.89. The van der Waals surface area contributed by atoms with Crippen molar-refractivity contribution in [2.75, 3.05) is 18.5 Å². The summed E-state index contributed by atoms with van der Waals surface area (Å²) in [6, 6.07) is 13.7. The first-order chi connectivity index (χ1) is 15.5. The molecule has 0 saturated heterocycles. The predicted molar refractivity (Wildman–Crippen MR) is 123 cm³/mol. The minimum Gasteiger partial charge on any atom is -0.486 e. The number of ether oxygens (including phenoxy) is 2. The van der Waals surface area contributed by atoms with Crippen LogP contribution in [-0.2, 0) is 17.6 Å². The van der Waals surface area contributed by atoms with E-state index >= 15 is 0 Å². The molecule has 5 rings (SSSR count). The molecule has 0 unspecified atom stereocenters. The first-order valence-corrected chi connectivity index (χ1v) is 11.5. The number of anilines is 1. The highest BCUT2D eigenvalue weighted by molar-refractivity contribution is 7.98. The van der Waals surface area contributed by atoms with Crippen LogP contribution in [0.2, 0.25) is 0 Å². The number of carbonyl (C=O) groups excluding carboxylic acids is 1. The molecule has 3 heterocycles. The molecule has 8 heteroatoms. The fraction of sp³-hybridized carbons (Fsp3) is 0.292. The largest absolute Gasteiger partial charge is 0.486 e. The highest BCUT2D eigenvalue weighted by Gasteiger charge is 2.33. The van der Waals surface area contributed by atoms with E-state index in [0.29, 0.717) is 47.0 Å². The molecule has 1 atom stereocenters. The van der Waals surface area contributed by atoms with Crippen LogP contribution in [0.15, 0.2) is 52.4 Å². The zero-order chi connectivity index (χ0) is 22.2. The van der Waals surface area contributed by atoms with Gasteiger partial charge in [-0.2, -0.15) is 4.98 Å². The maximum atomic E-state index is 13.1. The van der Waals surface area contributed by atoms with Crippen LogP contribution in [0.4, 0.5) is 5.82 Å². The maximum absolute atomic E-state index is 13.1. The summed E-state index contributed by atoms with van der Waals surface area (Å²) in [7, 11) is 1.83. The number of rotatable bonds is 4. The first kappa shape index (κ1) is 20.6. The fourth-order valence-corrected chi connectivity index (χ4v) is 5.18. The lowest BCUT2D eigenvalue weighted by Gasteiger charge is -2.28. The van der Waals surface area contributed by atoms with Crippen LogP contribution in [0.25, 0.3) is 0 Å². The molecule has 2 aliphatic rings. The lowest BCUT2D eigenvalue weighted by atomic mass is 9.86. The van der Waals surface area contributed by atoms with Crippen LogP contribution in [0.1, 0.15) is 34.6 Å². The van der Waals surface area contributed by atoms with E-state index in [1.54, 1.807) is 0 Å². The Labute approximate surface area is 189 Å². The van der Waals surface area contributed by atoms with Crippen LogP contribution >= 0.6 is 11.8 Å². The molecule has 0 radical (unpaired) electrons. The number of carbonyl (C=O) groups is 1. The van der Waals surface area contributed by atoms with Crippen molar-refractivity contribution in [1.82, 2.24) is 9.55 Å². The van der Waals surface area contributed by atoms with Gasteiger partial charge in [0, 0.05) is 25.1 Å². The Balaban J connectivity index is 1.51. The Morgan fingerprint density at radius 1 is 1.12 bits per heavy atom. The number of thioether (sulfide) groups is 1. The summed E-state index contributed by atoms with van der Waals surface area (Å²) in [4.78, 5) is 30.1. The van der Waals surface area contributed by atoms with E-state index in [0.717, 1.165) is 5.56 Å². The summed E-state index contributed by atoms with van der Waals surface area (Å²) in [6.07, 6.45) is 0.180. The van der Waals surface area contributed by atoms with Gasteiger partial charge in [0.2, 0.25) is 5.91 Å². The summed E-state index contributed by atoms with van der Waals surface area (Å²) >= 11 is 1.48. The molecule has 32 heavy (non-hydrogen) atoms. The van der Waals surface area contributed by atoms with Gasteiger partial charge in [0.1, 0.15) is 19.0 Å². The Bertz CT molecular complexity index is 1270. The van der Waals surface area contributed by atoms with Gasteiger partial charge in [-0.25, -0.2) is 0 Å². The van der Waals surface area contributed by atoms with Gasteiger partial charge in [0.25, 0.3) is 5.56 Å². The van der Waals surface area contributed by atoms with Gasteiger partial charge in [-0.1, -0.05) is 42.1 Å². The highest BCUT2D eigenvalue weighted by Crippen LogP contribution is 2.40. The van der Waals surface area contributed by atoms with E-state index in [9.17, 15) is 9.59 Å². The van der Waals surface area contributed by atoms with Crippen molar-refractivity contribution >= 4 is 23.5 Å². The standard InChI is InChI=1S/C24H23N3O4S/c1-14-5-3-4-6-16(14)13-32-24-26-23(29)21-17(12-20(28)25-22(21)27(24)2)15-7-8-18-19(11-15)31-10-9-30-18/h3-8,11,17H,9-10,12-13H2,1-2H3,(H,25,28)/t17-/m1/s1. The fourth-order valence-electron chi connectivity index (χ4n) is 4.14. The number of nitrogens with zero attached hydrogens (tertiary/aromatic N) is 2. The third kappa shape index (κ3) is 3.75. The van der Waals surface area contributed by atoms with Gasteiger partial charge in [0.15, 0.2) is 16.7 Å². The Kier molecular flexibility index (Phi) is 5.38. The number of amides is 1. The molecular weight excluding hydrogens is 426 g/mol. The minimum atomic E-state index is -0.392. The minimum absolute atomic E-state index is 0.131. The monoisotopic (exact) mass is 449 g/mol. The summed E-state index contributed by atoms with van der Waals surface area (Å²) in [6.45, 7) is 3.05. The van der Waals surface area contributed by atoms with Gasteiger partial charge in [0.05, 0.1) is 5.56 Å². The van der Waals surface area contributed by atoms with Crippen LogP contribution in [0.3, 0.4) is 0 Å². The Morgan fingerprint density at radius 3 is 2.72 bits per heavy atom. The highest BCUT2D eigenvalue weighted by atomic mass is 32.2. The van der Waals surface area contributed by atoms with Crippen molar-refractivity contribution in [2.24, 2.45) is 7.05 Å². The van der Waals surface area contributed by atoms with E-state index in [-0.39, 0.29) is 17.9 Å². The zero-order valence-corrected chi connectivity index (χ0v) is 18.7. The van der Waals surface area contributed by atoms with Crippen molar-refractivity contribution in [2.45, 2.75) is 30.2 Å². The average Bonchev–Trinajstić information content (AvgIpc) is 2.80.